The van der Waals surface area contributed by atoms with Crippen molar-refractivity contribution in [3.8, 4) is 0 Å². The number of furan rings is 1. The molecular formula is C23H23N5O3. The molecule has 8 nitrogen and oxygen atoms in total. The molecule has 0 saturated heterocycles. The molecule has 1 atom stereocenters. The van der Waals surface area contributed by atoms with Crippen LogP contribution < -0.4 is 5.32 Å². The van der Waals surface area contributed by atoms with Crippen molar-refractivity contribution in [3.63, 3.8) is 0 Å². The molecule has 158 valence electrons. The molecule has 31 heavy (non-hydrogen) atoms. The number of fused-ring (bicyclic) bond motifs is 2. The Morgan fingerprint density at radius 3 is 2.90 bits per heavy atom. The highest BCUT2D eigenvalue weighted by atomic mass is 16.3. The molecular weight excluding hydrogens is 394 g/mol. The van der Waals surface area contributed by atoms with Crippen LogP contribution in [0.15, 0.2) is 65.5 Å². The van der Waals surface area contributed by atoms with Crippen LogP contribution in [0.4, 0.5) is 0 Å². The summed E-state index contributed by atoms with van der Waals surface area (Å²) in [4.78, 5) is 27.8. The summed E-state index contributed by atoms with van der Waals surface area (Å²) in [5.74, 6) is 0.553. The second-order valence-electron chi connectivity index (χ2n) is 7.84. The van der Waals surface area contributed by atoms with E-state index < -0.39 is 0 Å². The normalized spacial score (nSPS) is 15.8. The Labute approximate surface area is 179 Å². The third kappa shape index (κ3) is 3.61. The van der Waals surface area contributed by atoms with Crippen LogP contribution in [0.3, 0.4) is 0 Å². The molecule has 5 rings (SSSR count). The summed E-state index contributed by atoms with van der Waals surface area (Å²) in [6, 6.07) is 13.2. The van der Waals surface area contributed by atoms with Crippen LogP contribution >= 0.6 is 0 Å². The molecule has 1 aromatic carbocycles. The van der Waals surface area contributed by atoms with E-state index >= 15 is 0 Å². The molecule has 0 radical (unpaired) electrons. The number of aryl methyl sites for hydroxylation is 1. The van der Waals surface area contributed by atoms with E-state index in [1.807, 2.05) is 63.8 Å². The third-order valence-electron chi connectivity index (χ3n) is 5.76. The van der Waals surface area contributed by atoms with Gasteiger partial charge in [-0.05, 0) is 24.3 Å². The highest BCUT2D eigenvalue weighted by Gasteiger charge is 2.31. The number of carbonyl (C=O) groups is 2. The zero-order valence-electron chi connectivity index (χ0n) is 17.2. The van der Waals surface area contributed by atoms with E-state index in [4.69, 9.17) is 4.42 Å². The molecule has 1 N–H and O–H groups in total. The number of hydrogen-bond donors (Lipinski definition) is 1. The maximum absolute atomic E-state index is 13.4. The van der Waals surface area contributed by atoms with E-state index in [2.05, 4.69) is 10.4 Å². The van der Waals surface area contributed by atoms with Crippen molar-refractivity contribution in [2.75, 3.05) is 6.54 Å². The minimum Gasteiger partial charge on any atom is -0.467 e. The fourth-order valence-electron chi connectivity index (χ4n) is 4.26. The van der Waals surface area contributed by atoms with Crippen molar-refractivity contribution in [1.29, 1.82) is 0 Å². The fourth-order valence-corrected chi connectivity index (χ4v) is 4.26. The largest absolute Gasteiger partial charge is 0.467 e. The Hall–Kier alpha value is -3.81. The SMILES string of the molecule is Cn1cc(C(=O)N2Cc3ccnn3[C@@H](CC(=O)NCc3ccco3)C2)c2ccccc21. The average molecular weight is 417 g/mol. The first-order valence-corrected chi connectivity index (χ1v) is 10.2. The van der Waals surface area contributed by atoms with Crippen molar-refractivity contribution in [3.05, 3.63) is 78.1 Å². The van der Waals surface area contributed by atoms with Crippen molar-refractivity contribution < 1.29 is 14.0 Å². The Kier molecular flexibility index (Phi) is 4.82. The highest BCUT2D eigenvalue weighted by Crippen LogP contribution is 2.27. The zero-order chi connectivity index (χ0) is 21.4. The van der Waals surface area contributed by atoms with Gasteiger partial charge in [0.25, 0.3) is 5.91 Å². The number of hydrogen-bond acceptors (Lipinski definition) is 4. The summed E-state index contributed by atoms with van der Waals surface area (Å²) in [6.45, 7) is 1.22. The average Bonchev–Trinajstić information content (AvgIpc) is 3.52. The van der Waals surface area contributed by atoms with Gasteiger partial charge in [0, 0.05) is 36.9 Å². The van der Waals surface area contributed by atoms with Crippen molar-refractivity contribution in [2.45, 2.75) is 25.6 Å². The molecule has 0 aliphatic carbocycles. The minimum absolute atomic E-state index is 0.0368. The summed E-state index contributed by atoms with van der Waals surface area (Å²) in [7, 11) is 1.94. The molecule has 4 heterocycles. The predicted octanol–water partition coefficient (Wildman–Crippen LogP) is 2.87. The van der Waals surface area contributed by atoms with Gasteiger partial charge in [-0.15, -0.1) is 0 Å². The number of rotatable bonds is 5. The van der Waals surface area contributed by atoms with Gasteiger partial charge in [0.2, 0.25) is 5.91 Å². The van der Waals surface area contributed by atoms with Crippen LogP contribution in [0, 0.1) is 0 Å². The van der Waals surface area contributed by atoms with Crippen molar-refractivity contribution in [2.24, 2.45) is 7.05 Å². The Morgan fingerprint density at radius 2 is 2.06 bits per heavy atom. The van der Waals surface area contributed by atoms with Crippen LogP contribution in [-0.2, 0) is 24.9 Å². The maximum Gasteiger partial charge on any atom is 0.256 e. The minimum atomic E-state index is -0.228. The lowest BCUT2D eigenvalue weighted by molar-refractivity contribution is -0.122. The summed E-state index contributed by atoms with van der Waals surface area (Å²) < 4.78 is 9.09. The highest BCUT2D eigenvalue weighted by molar-refractivity contribution is 6.07. The van der Waals surface area contributed by atoms with Crippen molar-refractivity contribution >= 4 is 22.7 Å². The standard InChI is InChI=1S/C23H23N5O3/c1-26-15-20(19-6-2-3-7-21(19)26)23(30)27-13-16-8-9-25-28(16)17(14-27)11-22(29)24-12-18-5-4-10-31-18/h2-10,15,17H,11-14H2,1H3,(H,24,29)/t17-/m0/s1. The van der Waals surface area contributed by atoms with Gasteiger partial charge in [-0.2, -0.15) is 5.10 Å². The zero-order valence-corrected chi connectivity index (χ0v) is 17.2. The number of carbonyl (C=O) groups excluding carboxylic acids is 2. The summed E-state index contributed by atoms with van der Waals surface area (Å²) in [5.41, 5.74) is 2.61. The number of benzene rings is 1. The monoisotopic (exact) mass is 417 g/mol. The van der Waals surface area contributed by atoms with Crippen LogP contribution in [0.2, 0.25) is 0 Å². The number of nitrogens with zero attached hydrogens (tertiary/aromatic N) is 4. The van der Waals surface area contributed by atoms with E-state index in [0.29, 0.717) is 31.0 Å². The van der Waals surface area contributed by atoms with Crippen LogP contribution in [0.5, 0.6) is 0 Å². The van der Waals surface area contributed by atoms with Gasteiger partial charge in [-0.25, -0.2) is 0 Å². The molecule has 0 fully saturated rings. The van der Waals surface area contributed by atoms with E-state index in [9.17, 15) is 9.59 Å². The Balaban J connectivity index is 1.35. The first kappa shape index (κ1) is 19.2. The van der Waals surface area contributed by atoms with Gasteiger partial charge in [0.05, 0.1) is 43.1 Å². The third-order valence-corrected chi connectivity index (χ3v) is 5.76. The van der Waals surface area contributed by atoms with E-state index in [-0.39, 0.29) is 24.3 Å². The van der Waals surface area contributed by atoms with E-state index in [0.717, 1.165) is 16.6 Å². The Bertz CT molecular complexity index is 1240. The number of para-hydroxylation sites is 1. The quantitative estimate of drug-likeness (QED) is 0.541. The smallest absolute Gasteiger partial charge is 0.256 e. The molecule has 0 saturated carbocycles. The fraction of sp³-hybridized carbons (Fsp3) is 0.261. The van der Waals surface area contributed by atoms with E-state index in [1.165, 1.54) is 0 Å². The van der Waals surface area contributed by atoms with Gasteiger partial charge in [-0.3, -0.25) is 14.3 Å². The Morgan fingerprint density at radius 1 is 1.19 bits per heavy atom. The molecule has 0 unspecified atom stereocenters. The number of nitrogens with one attached hydrogen (secondary N) is 1. The number of amides is 2. The second kappa shape index (κ2) is 7.79. The lowest BCUT2D eigenvalue weighted by atomic mass is 10.1. The van der Waals surface area contributed by atoms with Crippen LogP contribution in [0.25, 0.3) is 10.9 Å². The van der Waals surface area contributed by atoms with Gasteiger partial charge >= 0.3 is 0 Å². The first-order valence-electron chi connectivity index (χ1n) is 10.2. The van der Waals surface area contributed by atoms with Gasteiger partial charge in [0.15, 0.2) is 0 Å². The molecule has 0 spiro atoms. The molecule has 1 aliphatic heterocycles. The summed E-state index contributed by atoms with van der Waals surface area (Å²) in [6.07, 6.45) is 5.41. The topological polar surface area (TPSA) is 85.3 Å². The molecule has 4 aromatic rings. The van der Waals surface area contributed by atoms with Gasteiger partial charge in [0.1, 0.15) is 5.76 Å². The van der Waals surface area contributed by atoms with Crippen molar-refractivity contribution in [1.82, 2.24) is 24.6 Å². The molecule has 2 amide bonds. The second-order valence-corrected chi connectivity index (χ2v) is 7.84. The summed E-state index contributed by atoms with van der Waals surface area (Å²) in [5, 5.41) is 8.21. The van der Waals surface area contributed by atoms with Gasteiger partial charge < -0.3 is 19.2 Å². The van der Waals surface area contributed by atoms with Crippen LogP contribution in [0.1, 0.15) is 34.3 Å². The predicted molar refractivity (Wildman–Crippen MR) is 114 cm³/mol. The molecule has 8 heteroatoms. The molecule has 1 aliphatic rings. The van der Waals surface area contributed by atoms with E-state index in [1.54, 1.807) is 18.5 Å². The molecule has 3 aromatic heterocycles. The lowest BCUT2D eigenvalue weighted by Crippen LogP contribution is -2.42. The molecule has 0 bridgehead atoms. The summed E-state index contributed by atoms with van der Waals surface area (Å²) >= 11 is 0. The van der Waals surface area contributed by atoms with Gasteiger partial charge in [-0.1, -0.05) is 18.2 Å². The first-order chi connectivity index (χ1) is 15.1. The maximum atomic E-state index is 13.4. The van der Waals surface area contributed by atoms with Crippen LogP contribution in [-0.4, -0.2) is 37.6 Å². The number of aromatic nitrogens is 3. The lowest BCUT2D eigenvalue weighted by Gasteiger charge is -2.33.